The lowest BCUT2D eigenvalue weighted by Crippen LogP contribution is -2.29. The van der Waals surface area contributed by atoms with Crippen LogP contribution in [0.25, 0.3) is 6.08 Å². The number of nitrogens with one attached hydrogen (secondary N) is 1. The summed E-state index contributed by atoms with van der Waals surface area (Å²) in [5, 5.41) is 2.87. The monoisotopic (exact) mass is 408 g/mol. The summed E-state index contributed by atoms with van der Waals surface area (Å²) in [6.07, 6.45) is 7.03. The van der Waals surface area contributed by atoms with Crippen molar-refractivity contribution in [3.8, 4) is 11.5 Å². The molecule has 0 radical (unpaired) electrons. The molecule has 1 saturated heterocycles. The quantitative estimate of drug-likeness (QED) is 0.421. The Bertz CT molecular complexity index is 900. The first-order valence-electron chi connectivity index (χ1n) is 10.2. The second-order valence-electron chi connectivity index (χ2n) is 7.36. The van der Waals surface area contributed by atoms with Crippen LogP contribution in [0.15, 0.2) is 48.5 Å². The fourth-order valence-corrected chi connectivity index (χ4v) is 3.45. The minimum absolute atomic E-state index is 0.221. The SMILES string of the molecule is COc1cc(/C=C/C(=O)Nc2ccc(CN3CCCCC3)cc2)ccc1OC(C)=O. The number of hydrogen-bond donors (Lipinski definition) is 1. The van der Waals surface area contributed by atoms with Gasteiger partial charge in [-0.3, -0.25) is 14.5 Å². The zero-order chi connectivity index (χ0) is 21.3. The molecule has 3 rings (SSSR count). The average Bonchev–Trinajstić information content (AvgIpc) is 2.75. The lowest BCUT2D eigenvalue weighted by atomic mass is 10.1. The van der Waals surface area contributed by atoms with Gasteiger partial charge in [0.2, 0.25) is 5.91 Å². The van der Waals surface area contributed by atoms with Gasteiger partial charge in [-0.05, 0) is 67.4 Å². The molecule has 1 fully saturated rings. The van der Waals surface area contributed by atoms with Gasteiger partial charge in [0, 0.05) is 25.2 Å². The first-order chi connectivity index (χ1) is 14.5. The zero-order valence-corrected chi connectivity index (χ0v) is 17.5. The van der Waals surface area contributed by atoms with E-state index in [2.05, 4.69) is 22.3 Å². The van der Waals surface area contributed by atoms with E-state index in [1.54, 1.807) is 24.3 Å². The van der Waals surface area contributed by atoms with Gasteiger partial charge in [-0.25, -0.2) is 0 Å². The Hall–Kier alpha value is -3.12. The van der Waals surface area contributed by atoms with Gasteiger partial charge in [0.1, 0.15) is 0 Å². The second-order valence-corrected chi connectivity index (χ2v) is 7.36. The standard InChI is InChI=1S/C24H28N2O4/c1-18(27)30-22-12-8-19(16-23(22)29-2)9-13-24(28)25-21-10-6-20(7-11-21)17-26-14-4-3-5-15-26/h6-13,16H,3-5,14-15,17H2,1-2H3,(H,25,28)/b13-9+. The first-order valence-corrected chi connectivity index (χ1v) is 10.2. The number of nitrogens with zero attached hydrogens (tertiary/aromatic N) is 1. The molecule has 0 spiro atoms. The molecular formula is C24H28N2O4. The molecule has 0 atom stereocenters. The number of esters is 1. The van der Waals surface area contributed by atoms with E-state index in [9.17, 15) is 9.59 Å². The van der Waals surface area contributed by atoms with Gasteiger partial charge in [0.25, 0.3) is 0 Å². The number of benzene rings is 2. The third-order valence-electron chi connectivity index (χ3n) is 4.94. The summed E-state index contributed by atoms with van der Waals surface area (Å²) in [6.45, 7) is 4.61. The number of carbonyl (C=O) groups excluding carboxylic acids is 2. The van der Waals surface area contributed by atoms with Crippen molar-refractivity contribution in [3.63, 3.8) is 0 Å². The van der Waals surface area contributed by atoms with Crippen molar-refractivity contribution >= 4 is 23.6 Å². The van der Waals surface area contributed by atoms with Gasteiger partial charge in [-0.2, -0.15) is 0 Å². The summed E-state index contributed by atoms with van der Waals surface area (Å²) >= 11 is 0. The molecule has 1 amide bonds. The van der Waals surface area contributed by atoms with Gasteiger partial charge in [-0.15, -0.1) is 0 Å². The normalized spacial score (nSPS) is 14.5. The van der Waals surface area contributed by atoms with E-state index in [1.807, 2.05) is 12.1 Å². The maximum Gasteiger partial charge on any atom is 0.308 e. The molecule has 30 heavy (non-hydrogen) atoms. The predicted octanol–water partition coefficient (Wildman–Crippen LogP) is 4.26. The Morgan fingerprint density at radius 3 is 2.43 bits per heavy atom. The molecular weight excluding hydrogens is 380 g/mol. The fraction of sp³-hybridized carbons (Fsp3) is 0.333. The van der Waals surface area contributed by atoms with Crippen LogP contribution < -0.4 is 14.8 Å². The molecule has 0 aromatic heterocycles. The molecule has 1 aliphatic rings. The Morgan fingerprint density at radius 2 is 1.77 bits per heavy atom. The topological polar surface area (TPSA) is 67.9 Å². The lowest BCUT2D eigenvalue weighted by Gasteiger charge is -2.26. The number of likely N-dealkylation sites (tertiary alicyclic amines) is 1. The summed E-state index contributed by atoms with van der Waals surface area (Å²) in [5.74, 6) is 0.132. The third-order valence-corrected chi connectivity index (χ3v) is 4.94. The molecule has 6 nitrogen and oxygen atoms in total. The van der Waals surface area contributed by atoms with E-state index in [1.165, 1.54) is 44.9 Å². The van der Waals surface area contributed by atoms with Crippen molar-refractivity contribution in [1.29, 1.82) is 0 Å². The van der Waals surface area contributed by atoms with Crippen molar-refractivity contribution in [1.82, 2.24) is 4.90 Å². The van der Waals surface area contributed by atoms with Crippen LogP contribution in [0.5, 0.6) is 11.5 Å². The first kappa shape index (κ1) is 21.6. The van der Waals surface area contributed by atoms with Crippen LogP contribution in [0, 0.1) is 0 Å². The van der Waals surface area contributed by atoms with Crippen molar-refractivity contribution in [2.24, 2.45) is 0 Å². The van der Waals surface area contributed by atoms with Crippen molar-refractivity contribution in [3.05, 3.63) is 59.7 Å². The van der Waals surface area contributed by atoms with E-state index in [0.717, 1.165) is 30.9 Å². The number of amides is 1. The molecule has 1 N–H and O–H groups in total. The highest BCUT2D eigenvalue weighted by Gasteiger charge is 2.10. The fourth-order valence-electron chi connectivity index (χ4n) is 3.45. The zero-order valence-electron chi connectivity index (χ0n) is 17.5. The molecule has 2 aromatic carbocycles. The average molecular weight is 408 g/mol. The maximum atomic E-state index is 12.2. The number of anilines is 1. The summed E-state index contributed by atoms with van der Waals surface area (Å²) in [6, 6.07) is 13.1. The number of carbonyl (C=O) groups is 2. The van der Waals surface area contributed by atoms with E-state index >= 15 is 0 Å². The summed E-state index contributed by atoms with van der Waals surface area (Å²) in [7, 11) is 1.50. The minimum atomic E-state index is -0.419. The molecule has 158 valence electrons. The highest BCUT2D eigenvalue weighted by molar-refractivity contribution is 6.01. The van der Waals surface area contributed by atoms with E-state index < -0.39 is 5.97 Å². The van der Waals surface area contributed by atoms with Crippen LogP contribution in [0.3, 0.4) is 0 Å². The minimum Gasteiger partial charge on any atom is -0.493 e. The lowest BCUT2D eigenvalue weighted by molar-refractivity contribution is -0.132. The molecule has 0 bridgehead atoms. The Morgan fingerprint density at radius 1 is 1.03 bits per heavy atom. The van der Waals surface area contributed by atoms with Crippen LogP contribution in [0.1, 0.15) is 37.3 Å². The van der Waals surface area contributed by atoms with Crippen LogP contribution in [-0.4, -0.2) is 37.0 Å². The summed E-state index contributed by atoms with van der Waals surface area (Å²) in [4.78, 5) is 25.8. The van der Waals surface area contributed by atoms with Crippen LogP contribution >= 0.6 is 0 Å². The Labute approximate surface area is 177 Å². The number of rotatable bonds is 7. The number of methoxy groups -OCH3 is 1. The molecule has 0 unspecified atom stereocenters. The Kier molecular flexibility index (Phi) is 7.63. The van der Waals surface area contributed by atoms with Gasteiger partial charge in [-0.1, -0.05) is 24.6 Å². The molecule has 6 heteroatoms. The van der Waals surface area contributed by atoms with Gasteiger partial charge in [0.05, 0.1) is 7.11 Å². The third kappa shape index (κ3) is 6.46. The summed E-state index contributed by atoms with van der Waals surface area (Å²) < 4.78 is 10.3. The smallest absolute Gasteiger partial charge is 0.308 e. The molecule has 1 aliphatic heterocycles. The second kappa shape index (κ2) is 10.6. The van der Waals surface area contributed by atoms with Crippen LogP contribution in [-0.2, 0) is 16.1 Å². The summed E-state index contributed by atoms with van der Waals surface area (Å²) in [5.41, 5.74) is 2.77. The van der Waals surface area contributed by atoms with Gasteiger partial charge < -0.3 is 14.8 Å². The molecule has 0 aliphatic carbocycles. The number of hydrogen-bond acceptors (Lipinski definition) is 5. The van der Waals surface area contributed by atoms with Crippen LogP contribution in [0.4, 0.5) is 5.69 Å². The van der Waals surface area contributed by atoms with Crippen molar-refractivity contribution in [2.45, 2.75) is 32.7 Å². The van der Waals surface area contributed by atoms with Crippen LogP contribution in [0.2, 0.25) is 0 Å². The molecule has 0 saturated carbocycles. The van der Waals surface area contributed by atoms with Gasteiger partial charge in [0.15, 0.2) is 11.5 Å². The predicted molar refractivity (Wildman–Crippen MR) is 118 cm³/mol. The van der Waals surface area contributed by atoms with Gasteiger partial charge >= 0.3 is 5.97 Å². The van der Waals surface area contributed by atoms with E-state index in [4.69, 9.17) is 9.47 Å². The highest BCUT2D eigenvalue weighted by Crippen LogP contribution is 2.28. The number of piperidine rings is 1. The highest BCUT2D eigenvalue weighted by atomic mass is 16.6. The number of ether oxygens (including phenoxy) is 2. The van der Waals surface area contributed by atoms with Crippen molar-refractivity contribution in [2.75, 3.05) is 25.5 Å². The largest absolute Gasteiger partial charge is 0.493 e. The molecule has 1 heterocycles. The van der Waals surface area contributed by atoms with E-state index in [0.29, 0.717) is 11.5 Å². The van der Waals surface area contributed by atoms with E-state index in [-0.39, 0.29) is 5.91 Å². The Balaban J connectivity index is 1.55. The van der Waals surface area contributed by atoms with Crippen molar-refractivity contribution < 1.29 is 19.1 Å². The maximum absolute atomic E-state index is 12.2. The molecule has 2 aromatic rings.